The zero-order chi connectivity index (χ0) is 20.6. The third-order valence-corrected chi connectivity index (χ3v) is 5.68. The summed E-state index contributed by atoms with van der Waals surface area (Å²) in [6.45, 7) is 1.63. The van der Waals surface area contributed by atoms with E-state index in [-0.39, 0.29) is 18.9 Å². The summed E-state index contributed by atoms with van der Waals surface area (Å²) in [5, 5.41) is 16.2. The van der Waals surface area contributed by atoms with Crippen molar-refractivity contribution < 1.29 is 14.2 Å². The summed E-state index contributed by atoms with van der Waals surface area (Å²) in [6.07, 6.45) is 3.89. The number of nitrogens with one attached hydrogen (secondary N) is 2. The van der Waals surface area contributed by atoms with Gasteiger partial charge < -0.3 is 24.5 Å². The molecule has 4 aromatic rings. The van der Waals surface area contributed by atoms with Gasteiger partial charge in [-0.2, -0.15) is 0 Å². The van der Waals surface area contributed by atoms with Crippen molar-refractivity contribution in [3.05, 3.63) is 54.1 Å². The summed E-state index contributed by atoms with van der Waals surface area (Å²) in [4.78, 5) is 7.45. The van der Waals surface area contributed by atoms with Crippen molar-refractivity contribution in [1.82, 2.24) is 30.2 Å². The number of H-pyrrole nitrogens is 1. The smallest absolute Gasteiger partial charge is 0.231 e. The van der Waals surface area contributed by atoms with E-state index in [4.69, 9.17) is 14.2 Å². The van der Waals surface area contributed by atoms with Crippen molar-refractivity contribution in [3.8, 4) is 11.5 Å². The van der Waals surface area contributed by atoms with Gasteiger partial charge in [0.05, 0.1) is 30.0 Å². The van der Waals surface area contributed by atoms with Crippen LogP contribution in [0.25, 0.3) is 11.0 Å². The Labute approximate surface area is 177 Å². The van der Waals surface area contributed by atoms with E-state index in [1.165, 1.54) is 0 Å². The zero-order valence-corrected chi connectivity index (χ0v) is 16.7. The summed E-state index contributed by atoms with van der Waals surface area (Å²) in [5.74, 6) is 2.16. The van der Waals surface area contributed by atoms with Gasteiger partial charge in [-0.15, -0.1) is 5.10 Å². The number of aromatic nitrogens is 6. The van der Waals surface area contributed by atoms with Crippen molar-refractivity contribution in [1.29, 1.82) is 0 Å². The number of benzene rings is 2. The van der Waals surface area contributed by atoms with Crippen LogP contribution >= 0.6 is 0 Å². The van der Waals surface area contributed by atoms with E-state index >= 15 is 0 Å². The second kappa shape index (κ2) is 7.55. The van der Waals surface area contributed by atoms with E-state index in [0.717, 1.165) is 47.5 Å². The third kappa shape index (κ3) is 3.44. The lowest BCUT2D eigenvalue weighted by Gasteiger charge is -2.21. The monoisotopic (exact) mass is 419 g/mol. The molecular weight excluding hydrogens is 398 g/mol. The van der Waals surface area contributed by atoms with Crippen molar-refractivity contribution in [2.75, 3.05) is 18.7 Å². The quantitative estimate of drug-likeness (QED) is 0.491. The van der Waals surface area contributed by atoms with Gasteiger partial charge in [-0.3, -0.25) is 0 Å². The lowest BCUT2D eigenvalue weighted by atomic mass is 10.0. The molecule has 2 aromatic heterocycles. The highest BCUT2D eigenvalue weighted by Crippen LogP contribution is 2.36. The Balaban J connectivity index is 1.38. The number of aromatic amines is 1. The van der Waals surface area contributed by atoms with Gasteiger partial charge in [0.25, 0.3) is 0 Å². The van der Waals surface area contributed by atoms with Crippen LogP contribution in [0.1, 0.15) is 30.3 Å². The van der Waals surface area contributed by atoms with Gasteiger partial charge >= 0.3 is 0 Å². The Bertz CT molecular complexity index is 1210. The molecule has 4 heterocycles. The molecule has 2 atom stereocenters. The molecule has 0 aliphatic carbocycles. The van der Waals surface area contributed by atoms with Crippen LogP contribution in [0.15, 0.2) is 42.7 Å². The second-order valence-corrected chi connectivity index (χ2v) is 7.68. The van der Waals surface area contributed by atoms with Gasteiger partial charge in [0, 0.05) is 12.3 Å². The van der Waals surface area contributed by atoms with Crippen molar-refractivity contribution in [2.24, 2.45) is 0 Å². The van der Waals surface area contributed by atoms with Gasteiger partial charge in [-0.1, -0.05) is 6.07 Å². The number of rotatable bonds is 6. The molecule has 10 nitrogen and oxygen atoms in total. The second-order valence-electron chi connectivity index (χ2n) is 7.68. The van der Waals surface area contributed by atoms with Crippen LogP contribution in [-0.4, -0.2) is 49.7 Å². The first-order chi connectivity index (χ1) is 15.3. The van der Waals surface area contributed by atoms with Gasteiger partial charge in [0.2, 0.25) is 6.79 Å². The Morgan fingerprint density at radius 1 is 1.16 bits per heavy atom. The molecule has 0 bridgehead atoms. The number of tetrazole rings is 1. The molecule has 1 saturated heterocycles. The minimum absolute atomic E-state index is 0.126. The molecule has 0 radical (unpaired) electrons. The van der Waals surface area contributed by atoms with Gasteiger partial charge in [-0.05, 0) is 59.2 Å². The summed E-state index contributed by atoms with van der Waals surface area (Å²) in [7, 11) is 0. The summed E-state index contributed by atoms with van der Waals surface area (Å²) in [6, 6.07) is 11.6. The minimum Gasteiger partial charge on any atom is -0.454 e. The molecule has 1 fully saturated rings. The van der Waals surface area contributed by atoms with Crippen LogP contribution < -0.4 is 14.8 Å². The van der Waals surface area contributed by atoms with Gasteiger partial charge in [-0.25, -0.2) is 9.67 Å². The highest BCUT2D eigenvalue weighted by atomic mass is 16.7. The molecule has 10 heteroatoms. The number of anilines is 1. The highest BCUT2D eigenvalue weighted by molar-refractivity contribution is 5.78. The predicted molar refractivity (Wildman–Crippen MR) is 111 cm³/mol. The third-order valence-electron chi connectivity index (χ3n) is 5.68. The number of nitrogens with zero attached hydrogens (tertiary/aromatic N) is 5. The van der Waals surface area contributed by atoms with Crippen LogP contribution in [-0.2, 0) is 11.3 Å². The molecule has 31 heavy (non-hydrogen) atoms. The van der Waals surface area contributed by atoms with Gasteiger partial charge in [0.1, 0.15) is 6.04 Å². The Morgan fingerprint density at radius 2 is 2.13 bits per heavy atom. The van der Waals surface area contributed by atoms with Crippen LogP contribution in [0.3, 0.4) is 0 Å². The number of hydrogen-bond acceptors (Lipinski definition) is 8. The topological polar surface area (TPSA) is 112 Å². The Morgan fingerprint density at radius 3 is 3.06 bits per heavy atom. The number of fused-ring (bicyclic) bond motifs is 2. The maximum atomic E-state index is 5.80. The SMILES string of the molecule is c1nc2ccc(NC(c3ccc4c(c3)OCO4)c3nnnn3CC3CCCO3)cc2[nH]1. The molecule has 2 aliphatic heterocycles. The van der Waals surface area contributed by atoms with Crippen molar-refractivity contribution in [2.45, 2.75) is 31.5 Å². The van der Waals surface area contributed by atoms with E-state index in [1.54, 1.807) is 6.33 Å². The molecule has 2 N–H and O–H groups in total. The fourth-order valence-corrected chi connectivity index (χ4v) is 4.11. The van der Waals surface area contributed by atoms with Crippen LogP contribution in [0.5, 0.6) is 11.5 Å². The fourth-order valence-electron chi connectivity index (χ4n) is 4.11. The number of imidazole rings is 1. The molecule has 2 aliphatic rings. The van der Waals surface area contributed by atoms with Crippen LogP contribution in [0.2, 0.25) is 0 Å². The number of ether oxygens (including phenoxy) is 3. The zero-order valence-electron chi connectivity index (χ0n) is 16.7. The lowest BCUT2D eigenvalue weighted by Crippen LogP contribution is -2.23. The fraction of sp³-hybridized carbons (Fsp3) is 0.333. The van der Waals surface area contributed by atoms with E-state index in [0.29, 0.717) is 18.1 Å². The highest BCUT2D eigenvalue weighted by Gasteiger charge is 2.26. The standard InChI is InChI=1S/C21H21N7O3/c1-2-15(29-7-1)10-28-21(25-26-27-28)20(13-3-6-18-19(8-13)31-12-30-18)24-14-4-5-16-17(9-14)23-11-22-16/h3-6,8-9,11,15,20,24H,1-2,7,10,12H2,(H,22,23). The van der Waals surface area contributed by atoms with Crippen LogP contribution in [0, 0.1) is 0 Å². The largest absolute Gasteiger partial charge is 0.454 e. The first kappa shape index (κ1) is 18.1. The Hall–Kier alpha value is -3.66. The average Bonchev–Trinajstić information content (AvgIpc) is 3.59. The van der Waals surface area contributed by atoms with Crippen LogP contribution in [0.4, 0.5) is 5.69 Å². The van der Waals surface area contributed by atoms with Gasteiger partial charge in [0.15, 0.2) is 17.3 Å². The molecule has 0 saturated carbocycles. The Kier molecular flexibility index (Phi) is 4.42. The minimum atomic E-state index is -0.300. The molecule has 2 aromatic carbocycles. The molecular formula is C21H21N7O3. The summed E-state index contributed by atoms with van der Waals surface area (Å²) in [5.41, 5.74) is 3.75. The first-order valence-electron chi connectivity index (χ1n) is 10.3. The number of hydrogen-bond donors (Lipinski definition) is 2. The maximum Gasteiger partial charge on any atom is 0.231 e. The first-order valence-corrected chi connectivity index (χ1v) is 10.3. The van der Waals surface area contributed by atoms with E-state index in [2.05, 4.69) is 30.8 Å². The van der Waals surface area contributed by atoms with E-state index < -0.39 is 0 Å². The normalized spacial score (nSPS) is 18.5. The molecule has 6 rings (SSSR count). The van der Waals surface area contributed by atoms with Crippen molar-refractivity contribution >= 4 is 16.7 Å². The predicted octanol–water partition coefficient (Wildman–Crippen LogP) is 2.66. The van der Waals surface area contributed by atoms with E-state index in [9.17, 15) is 0 Å². The molecule has 0 amide bonds. The molecule has 158 valence electrons. The van der Waals surface area contributed by atoms with Crippen molar-refractivity contribution in [3.63, 3.8) is 0 Å². The molecule has 2 unspecified atom stereocenters. The average molecular weight is 419 g/mol. The molecule has 0 spiro atoms. The summed E-state index contributed by atoms with van der Waals surface area (Å²) < 4.78 is 18.7. The maximum absolute atomic E-state index is 5.80. The summed E-state index contributed by atoms with van der Waals surface area (Å²) >= 11 is 0. The lowest BCUT2D eigenvalue weighted by molar-refractivity contribution is 0.0925. The van der Waals surface area contributed by atoms with E-state index in [1.807, 2.05) is 41.1 Å².